The molecule has 1 N–H and O–H groups in total. The zero-order valence-electron chi connectivity index (χ0n) is 10.4. The summed E-state index contributed by atoms with van der Waals surface area (Å²) in [5, 5.41) is 0.199. The van der Waals surface area contributed by atoms with Crippen LogP contribution in [-0.4, -0.2) is 26.0 Å². The van der Waals surface area contributed by atoms with Crippen LogP contribution < -0.4 is 4.72 Å². The maximum atomic E-state index is 12.3. The summed E-state index contributed by atoms with van der Waals surface area (Å²) in [4.78, 5) is -0.0765. The van der Waals surface area contributed by atoms with Crippen molar-refractivity contribution < 1.29 is 8.42 Å². The van der Waals surface area contributed by atoms with Gasteiger partial charge in [0.2, 0.25) is 10.0 Å². The summed E-state index contributed by atoms with van der Waals surface area (Å²) < 4.78 is 27.7. The fourth-order valence-electron chi connectivity index (χ4n) is 1.44. The second-order valence-corrected chi connectivity index (χ2v) is 8.58. The van der Waals surface area contributed by atoms with Gasteiger partial charge in [-0.2, -0.15) is 11.8 Å². The lowest BCUT2D eigenvalue weighted by molar-refractivity contribution is 0.571. The van der Waals surface area contributed by atoms with Gasteiger partial charge in [-0.15, -0.1) is 0 Å². The molecule has 1 aromatic rings. The van der Waals surface area contributed by atoms with Gasteiger partial charge < -0.3 is 0 Å². The molecule has 3 nitrogen and oxygen atoms in total. The molecular weight excluding hydrogens is 393 g/mol. The molecule has 1 atom stereocenters. The summed E-state index contributed by atoms with van der Waals surface area (Å²) in [7, 11) is -3.72. The van der Waals surface area contributed by atoms with Gasteiger partial charge >= 0.3 is 0 Å². The molecule has 0 radical (unpaired) electrons. The van der Waals surface area contributed by atoms with Crippen LogP contribution in [0.4, 0.5) is 0 Å². The van der Waals surface area contributed by atoms with E-state index in [2.05, 4.69) is 20.7 Å². The van der Waals surface area contributed by atoms with E-state index in [9.17, 15) is 8.42 Å². The summed E-state index contributed by atoms with van der Waals surface area (Å²) in [6.07, 6.45) is 0. The topological polar surface area (TPSA) is 46.2 Å². The molecule has 0 aliphatic rings. The molecule has 0 amide bonds. The van der Waals surface area contributed by atoms with Crippen molar-refractivity contribution in [1.82, 2.24) is 4.72 Å². The van der Waals surface area contributed by atoms with Crippen molar-refractivity contribution in [2.45, 2.75) is 24.8 Å². The van der Waals surface area contributed by atoms with E-state index in [1.807, 2.05) is 6.92 Å². The zero-order chi connectivity index (χ0) is 14.6. The van der Waals surface area contributed by atoms with E-state index < -0.39 is 10.0 Å². The molecule has 8 heteroatoms. The quantitative estimate of drug-likeness (QED) is 0.770. The maximum absolute atomic E-state index is 12.3. The van der Waals surface area contributed by atoms with E-state index in [1.165, 1.54) is 12.1 Å². The SMILES string of the molecule is CCSCC(C)NS(=O)(=O)c1c(Cl)cc(Br)cc1Cl. The maximum Gasteiger partial charge on any atom is 0.243 e. The Balaban J connectivity index is 3.01. The Morgan fingerprint density at radius 1 is 1.37 bits per heavy atom. The molecule has 0 fully saturated rings. The third-order valence-corrected chi connectivity index (χ3v) is 6.27. The van der Waals surface area contributed by atoms with E-state index in [0.29, 0.717) is 10.2 Å². The fraction of sp³-hybridized carbons (Fsp3) is 0.455. The van der Waals surface area contributed by atoms with Crippen molar-refractivity contribution in [3.05, 3.63) is 26.7 Å². The van der Waals surface area contributed by atoms with E-state index in [0.717, 1.165) is 5.75 Å². The number of halogens is 3. The highest BCUT2D eigenvalue weighted by molar-refractivity contribution is 9.10. The fourth-order valence-corrected chi connectivity index (χ4v) is 5.40. The van der Waals surface area contributed by atoms with E-state index in [1.54, 1.807) is 18.7 Å². The summed E-state index contributed by atoms with van der Waals surface area (Å²) in [6.45, 7) is 3.83. The molecule has 1 aromatic carbocycles. The third kappa shape index (κ3) is 5.10. The predicted molar refractivity (Wildman–Crippen MR) is 86.9 cm³/mol. The van der Waals surface area contributed by atoms with Crippen LogP contribution in [0.3, 0.4) is 0 Å². The number of thioether (sulfide) groups is 1. The first kappa shape index (κ1) is 17.6. The monoisotopic (exact) mass is 405 g/mol. The van der Waals surface area contributed by atoms with Crippen LogP contribution in [0.1, 0.15) is 13.8 Å². The van der Waals surface area contributed by atoms with E-state index in [-0.39, 0.29) is 21.0 Å². The molecule has 0 aliphatic heterocycles. The number of benzene rings is 1. The van der Waals surface area contributed by atoms with Crippen LogP contribution in [0.15, 0.2) is 21.5 Å². The Morgan fingerprint density at radius 2 is 1.89 bits per heavy atom. The van der Waals surface area contributed by atoms with Crippen LogP contribution in [0, 0.1) is 0 Å². The molecule has 108 valence electrons. The van der Waals surface area contributed by atoms with Crippen molar-refractivity contribution >= 4 is 60.9 Å². The van der Waals surface area contributed by atoms with Crippen molar-refractivity contribution in [2.75, 3.05) is 11.5 Å². The molecule has 1 rings (SSSR count). The van der Waals surface area contributed by atoms with Crippen LogP contribution in [0.5, 0.6) is 0 Å². The largest absolute Gasteiger partial charge is 0.243 e. The molecule has 0 saturated carbocycles. The Hall–Kier alpha value is 0.540. The van der Waals surface area contributed by atoms with Gasteiger partial charge in [0.15, 0.2) is 0 Å². The second-order valence-electron chi connectivity index (χ2n) is 3.88. The average molecular weight is 407 g/mol. The first-order valence-electron chi connectivity index (χ1n) is 5.52. The van der Waals surface area contributed by atoms with Gasteiger partial charge in [0.05, 0.1) is 10.0 Å². The minimum atomic E-state index is -3.72. The molecule has 0 aliphatic carbocycles. The molecule has 0 heterocycles. The number of nitrogens with one attached hydrogen (secondary N) is 1. The normalized spacial score (nSPS) is 13.5. The van der Waals surface area contributed by atoms with Gasteiger partial charge in [0.1, 0.15) is 4.90 Å². The van der Waals surface area contributed by atoms with Gasteiger partial charge in [0.25, 0.3) is 0 Å². The van der Waals surface area contributed by atoms with Crippen LogP contribution in [0.25, 0.3) is 0 Å². The summed E-state index contributed by atoms with van der Waals surface area (Å²) in [5.74, 6) is 1.63. The zero-order valence-corrected chi connectivity index (χ0v) is 15.1. The Morgan fingerprint density at radius 3 is 2.37 bits per heavy atom. The first-order valence-corrected chi connectivity index (χ1v) is 9.71. The Kier molecular flexibility index (Phi) is 6.96. The highest BCUT2D eigenvalue weighted by Gasteiger charge is 2.24. The third-order valence-electron chi connectivity index (χ3n) is 2.16. The lowest BCUT2D eigenvalue weighted by Gasteiger charge is -2.15. The summed E-state index contributed by atoms with van der Waals surface area (Å²) in [5.41, 5.74) is 0. The Labute approximate surface area is 136 Å². The van der Waals surface area contributed by atoms with Gasteiger partial charge in [-0.3, -0.25) is 0 Å². The predicted octanol–water partition coefficient (Wildman–Crippen LogP) is 4.18. The van der Waals surface area contributed by atoms with Crippen LogP contribution >= 0.6 is 50.9 Å². The van der Waals surface area contributed by atoms with Gasteiger partial charge in [-0.1, -0.05) is 46.1 Å². The molecule has 0 spiro atoms. The highest BCUT2D eigenvalue weighted by Crippen LogP contribution is 2.32. The number of hydrogen-bond acceptors (Lipinski definition) is 3. The second kappa shape index (κ2) is 7.52. The molecule has 0 aromatic heterocycles. The molecular formula is C11H14BrCl2NO2S2. The minimum absolute atomic E-state index is 0.0765. The molecule has 0 saturated heterocycles. The lowest BCUT2D eigenvalue weighted by Crippen LogP contribution is -2.34. The van der Waals surface area contributed by atoms with Crippen molar-refractivity contribution in [3.63, 3.8) is 0 Å². The number of sulfonamides is 1. The lowest BCUT2D eigenvalue weighted by atomic mass is 10.4. The van der Waals surface area contributed by atoms with Gasteiger partial charge in [-0.05, 0) is 24.8 Å². The van der Waals surface area contributed by atoms with Crippen molar-refractivity contribution in [2.24, 2.45) is 0 Å². The van der Waals surface area contributed by atoms with Gasteiger partial charge in [-0.25, -0.2) is 13.1 Å². The highest BCUT2D eigenvalue weighted by atomic mass is 79.9. The molecule has 1 unspecified atom stereocenters. The van der Waals surface area contributed by atoms with Crippen molar-refractivity contribution in [3.8, 4) is 0 Å². The summed E-state index contributed by atoms with van der Waals surface area (Å²) in [6, 6.07) is 2.83. The van der Waals surface area contributed by atoms with Crippen LogP contribution in [0.2, 0.25) is 10.0 Å². The average Bonchev–Trinajstić information content (AvgIpc) is 2.23. The molecule has 0 bridgehead atoms. The number of rotatable bonds is 6. The summed E-state index contributed by atoms with van der Waals surface area (Å²) >= 11 is 16.8. The standard InChI is InChI=1S/C11H14BrCl2NO2S2/c1-3-18-6-7(2)15-19(16,17)11-9(13)4-8(12)5-10(11)14/h4-5,7,15H,3,6H2,1-2H3. The minimum Gasteiger partial charge on any atom is -0.207 e. The van der Waals surface area contributed by atoms with E-state index >= 15 is 0 Å². The number of hydrogen-bond donors (Lipinski definition) is 1. The van der Waals surface area contributed by atoms with Crippen LogP contribution in [-0.2, 0) is 10.0 Å². The van der Waals surface area contributed by atoms with Crippen molar-refractivity contribution in [1.29, 1.82) is 0 Å². The van der Waals surface area contributed by atoms with Gasteiger partial charge in [0, 0.05) is 16.3 Å². The first-order chi connectivity index (χ1) is 8.77. The van der Waals surface area contributed by atoms with E-state index in [4.69, 9.17) is 23.2 Å². The Bertz CT molecular complexity index is 529. The molecule has 19 heavy (non-hydrogen) atoms. The smallest absolute Gasteiger partial charge is 0.207 e.